The van der Waals surface area contributed by atoms with Crippen LogP contribution in [-0.4, -0.2) is 36.9 Å². The Morgan fingerprint density at radius 2 is 2.10 bits per heavy atom. The van der Waals surface area contributed by atoms with Crippen LogP contribution in [0.2, 0.25) is 0 Å². The van der Waals surface area contributed by atoms with E-state index in [-0.39, 0.29) is 18.1 Å². The van der Waals surface area contributed by atoms with E-state index in [1.54, 1.807) is 0 Å². The lowest BCUT2D eigenvalue weighted by Gasteiger charge is -2.35. The molecule has 2 heterocycles. The van der Waals surface area contributed by atoms with E-state index in [1.807, 2.05) is 6.92 Å². The van der Waals surface area contributed by atoms with E-state index in [0.29, 0.717) is 13.0 Å². The van der Waals surface area contributed by atoms with Gasteiger partial charge in [0, 0.05) is 12.5 Å². The second-order valence-electron chi connectivity index (χ2n) is 5.91. The first-order valence-corrected chi connectivity index (χ1v) is 7.48. The topological polar surface area (TPSA) is 65.0 Å². The lowest BCUT2D eigenvalue weighted by Crippen LogP contribution is -2.37. The van der Waals surface area contributed by atoms with E-state index >= 15 is 0 Å². The summed E-state index contributed by atoms with van der Waals surface area (Å²) in [5.74, 6) is -0.957. The van der Waals surface area contributed by atoms with Crippen molar-refractivity contribution < 1.29 is 24.1 Å². The quantitative estimate of drug-likeness (QED) is 0.805. The highest BCUT2D eigenvalue weighted by Gasteiger charge is 2.44. The maximum atomic E-state index is 11.4. The molecule has 20 heavy (non-hydrogen) atoms. The van der Waals surface area contributed by atoms with Gasteiger partial charge in [-0.3, -0.25) is 4.79 Å². The molecule has 0 radical (unpaired) electrons. The van der Waals surface area contributed by atoms with Gasteiger partial charge in [-0.05, 0) is 44.6 Å². The third-order valence-corrected chi connectivity index (χ3v) is 4.59. The van der Waals surface area contributed by atoms with E-state index in [2.05, 4.69) is 0 Å². The monoisotopic (exact) mass is 282 g/mol. The van der Waals surface area contributed by atoms with Gasteiger partial charge in [-0.2, -0.15) is 0 Å². The second kappa shape index (κ2) is 5.84. The first kappa shape index (κ1) is 14.0. The molecule has 4 unspecified atom stereocenters. The van der Waals surface area contributed by atoms with E-state index in [9.17, 15) is 9.90 Å². The maximum absolute atomic E-state index is 11.4. The molecule has 5 heteroatoms. The summed E-state index contributed by atoms with van der Waals surface area (Å²) in [5, 5.41) is 9.34. The van der Waals surface area contributed by atoms with Crippen molar-refractivity contribution >= 4 is 5.97 Å². The predicted octanol–water partition coefficient (Wildman–Crippen LogP) is 2.31. The largest absolute Gasteiger partial charge is 0.481 e. The minimum atomic E-state index is -0.709. The van der Waals surface area contributed by atoms with Gasteiger partial charge in [-0.25, -0.2) is 0 Å². The molecule has 0 aromatic carbocycles. The van der Waals surface area contributed by atoms with Crippen LogP contribution in [-0.2, 0) is 19.0 Å². The summed E-state index contributed by atoms with van der Waals surface area (Å²) in [7, 11) is 0. The standard InChI is InChI=1S/C15H22O5/c1-9-8-11(14(16)17)10-5-7-19-15(13(9)10)20-12-4-2-3-6-18-12/h10-12,15H,2-8H2,1H3,(H,16,17). The second-order valence-corrected chi connectivity index (χ2v) is 5.91. The smallest absolute Gasteiger partial charge is 0.307 e. The average molecular weight is 282 g/mol. The Morgan fingerprint density at radius 3 is 2.80 bits per heavy atom. The van der Waals surface area contributed by atoms with Crippen molar-refractivity contribution in [3.63, 3.8) is 0 Å². The highest BCUT2D eigenvalue weighted by Crippen LogP contribution is 2.44. The van der Waals surface area contributed by atoms with Crippen LogP contribution in [0.4, 0.5) is 0 Å². The van der Waals surface area contributed by atoms with Crippen LogP contribution in [0, 0.1) is 11.8 Å². The molecule has 2 aliphatic heterocycles. The number of allylic oxidation sites excluding steroid dienone is 1. The Bertz CT molecular complexity index is 410. The van der Waals surface area contributed by atoms with Crippen molar-refractivity contribution in [2.75, 3.05) is 13.2 Å². The van der Waals surface area contributed by atoms with Gasteiger partial charge in [0.05, 0.1) is 12.5 Å². The Kier molecular flexibility index (Phi) is 4.10. The average Bonchev–Trinajstić information content (AvgIpc) is 2.79. The van der Waals surface area contributed by atoms with Crippen molar-refractivity contribution in [2.24, 2.45) is 11.8 Å². The zero-order valence-corrected chi connectivity index (χ0v) is 11.8. The minimum Gasteiger partial charge on any atom is -0.481 e. The normalized spacial score (nSPS) is 37.9. The molecule has 0 spiro atoms. The number of carboxylic acids is 1. The van der Waals surface area contributed by atoms with Gasteiger partial charge in [-0.1, -0.05) is 5.57 Å². The molecule has 3 aliphatic rings. The molecule has 4 atom stereocenters. The molecule has 2 saturated heterocycles. The minimum absolute atomic E-state index is 0.0647. The summed E-state index contributed by atoms with van der Waals surface area (Å²) < 4.78 is 17.3. The van der Waals surface area contributed by atoms with Crippen LogP contribution in [0.1, 0.15) is 39.0 Å². The molecule has 0 amide bonds. The molecule has 1 N–H and O–H groups in total. The SMILES string of the molecule is CC1=C2C(OC3CCCCO3)OCCC2C(C(=O)O)C1. The summed E-state index contributed by atoms with van der Waals surface area (Å²) >= 11 is 0. The number of carboxylic acid groups (broad SMARTS) is 1. The third-order valence-electron chi connectivity index (χ3n) is 4.59. The van der Waals surface area contributed by atoms with Gasteiger partial charge < -0.3 is 19.3 Å². The summed E-state index contributed by atoms with van der Waals surface area (Å²) in [6.07, 6.45) is 3.84. The fraction of sp³-hybridized carbons (Fsp3) is 0.800. The third kappa shape index (κ3) is 2.62. The Labute approximate surface area is 118 Å². The molecule has 112 valence electrons. The molecule has 0 saturated carbocycles. The lowest BCUT2D eigenvalue weighted by atomic mass is 9.87. The van der Waals surface area contributed by atoms with Gasteiger partial charge in [0.2, 0.25) is 0 Å². The molecule has 0 aromatic heterocycles. The van der Waals surface area contributed by atoms with E-state index < -0.39 is 12.3 Å². The van der Waals surface area contributed by atoms with E-state index in [1.165, 1.54) is 0 Å². The summed E-state index contributed by atoms with van der Waals surface area (Å²) in [6, 6.07) is 0. The molecule has 2 fully saturated rings. The van der Waals surface area contributed by atoms with Gasteiger partial charge in [0.1, 0.15) is 0 Å². The molecule has 0 aromatic rings. The molecule has 0 bridgehead atoms. The molecule has 1 aliphatic carbocycles. The van der Waals surface area contributed by atoms with Crippen LogP contribution in [0.5, 0.6) is 0 Å². The molecular weight excluding hydrogens is 260 g/mol. The van der Waals surface area contributed by atoms with Crippen molar-refractivity contribution in [3.05, 3.63) is 11.1 Å². The Hall–Kier alpha value is -0.910. The Balaban J connectivity index is 1.72. The zero-order chi connectivity index (χ0) is 14.1. The van der Waals surface area contributed by atoms with Crippen LogP contribution in [0.25, 0.3) is 0 Å². The number of carbonyl (C=O) groups is 1. The lowest BCUT2D eigenvalue weighted by molar-refractivity contribution is -0.251. The van der Waals surface area contributed by atoms with Crippen molar-refractivity contribution in [1.29, 1.82) is 0 Å². The van der Waals surface area contributed by atoms with Crippen LogP contribution in [0.15, 0.2) is 11.1 Å². The van der Waals surface area contributed by atoms with Gasteiger partial charge in [0.25, 0.3) is 0 Å². The predicted molar refractivity (Wildman–Crippen MR) is 71.0 cm³/mol. The summed E-state index contributed by atoms with van der Waals surface area (Å²) in [4.78, 5) is 11.4. The number of aliphatic carboxylic acids is 1. The van der Waals surface area contributed by atoms with Gasteiger partial charge in [0.15, 0.2) is 12.6 Å². The number of ether oxygens (including phenoxy) is 3. The maximum Gasteiger partial charge on any atom is 0.307 e. The number of hydrogen-bond donors (Lipinski definition) is 1. The molecule has 5 nitrogen and oxygen atoms in total. The van der Waals surface area contributed by atoms with Gasteiger partial charge in [-0.15, -0.1) is 0 Å². The van der Waals surface area contributed by atoms with Crippen molar-refractivity contribution in [1.82, 2.24) is 0 Å². The number of hydrogen-bond acceptors (Lipinski definition) is 4. The van der Waals surface area contributed by atoms with Crippen LogP contribution < -0.4 is 0 Å². The molecule has 3 rings (SSSR count). The summed E-state index contributed by atoms with van der Waals surface area (Å²) in [5.41, 5.74) is 2.17. The fourth-order valence-corrected chi connectivity index (χ4v) is 3.58. The van der Waals surface area contributed by atoms with Crippen molar-refractivity contribution in [2.45, 2.75) is 51.6 Å². The highest BCUT2D eigenvalue weighted by molar-refractivity contribution is 5.72. The fourth-order valence-electron chi connectivity index (χ4n) is 3.58. The van der Waals surface area contributed by atoms with Gasteiger partial charge >= 0.3 is 5.97 Å². The number of fused-ring (bicyclic) bond motifs is 1. The van der Waals surface area contributed by atoms with Crippen molar-refractivity contribution in [3.8, 4) is 0 Å². The molecular formula is C15H22O5. The van der Waals surface area contributed by atoms with E-state index in [4.69, 9.17) is 14.2 Å². The summed E-state index contributed by atoms with van der Waals surface area (Å²) in [6.45, 7) is 3.29. The first-order chi connectivity index (χ1) is 9.66. The Morgan fingerprint density at radius 1 is 1.25 bits per heavy atom. The number of rotatable bonds is 3. The van der Waals surface area contributed by atoms with Crippen LogP contribution >= 0.6 is 0 Å². The first-order valence-electron chi connectivity index (χ1n) is 7.48. The van der Waals surface area contributed by atoms with E-state index in [0.717, 1.165) is 43.4 Å². The highest BCUT2D eigenvalue weighted by atomic mass is 16.8. The van der Waals surface area contributed by atoms with Crippen LogP contribution in [0.3, 0.4) is 0 Å². The zero-order valence-electron chi connectivity index (χ0n) is 11.8.